The van der Waals surface area contributed by atoms with E-state index in [1.54, 1.807) is 6.20 Å². The van der Waals surface area contributed by atoms with Gasteiger partial charge < -0.3 is 10.1 Å². The maximum atomic E-state index is 12.1. The van der Waals surface area contributed by atoms with Crippen molar-refractivity contribution in [1.82, 2.24) is 9.88 Å². The van der Waals surface area contributed by atoms with Gasteiger partial charge in [0.05, 0.1) is 19.3 Å². The van der Waals surface area contributed by atoms with Gasteiger partial charge in [0.15, 0.2) is 0 Å². The highest BCUT2D eigenvalue weighted by molar-refractivity contribution is 5.93. The molecule has 2 rings (SSSR count). The molecule has 1 unspecified atom stereocenters. The van der Waals surface area contributed by atoms with Gasteiger partial charge in [-0.2, -0.15) is 0 Å². The lowest BCUT2D eigenvalue weighted by Crippen LogP contribution is -2.47. The van der Waals surface area contributed by atoms with Crippen molar-refractivity contribution in [3.63, 3.8) is 0 Å². The zero-order valence-electron chi connectivity index (χ0n) is 10.8. The van der Waals surface area contributed by atoms with Crippen LogP contribution in [0.15, 0.2) is 18.3 Å². The maximum absolute atomic E-state index is 12.1. The Morgan fingerprint density at radius 1 is 1.44 bits per heavy atom. The number of morpholine rings is 1. The Balaban J connectivity index is 1.92. The van der Waals surface area contributed by atoms with E-state index in [2.05, 4.69) is 15.2 Å². The Hall–Kier alpha value is -1.46. The van der Waals surface area contributed by atoms with Crippen LogP contribution in [0.5, 0.6) is 0 Å². The van der Waals surface area contributed by atoms with Gasteiger partial charge in [0, 0.05) is 19.3 Å². The van der Waals surface area contributed by atoms with Gasteiger partial charge in [0.25, 0.3) is 0 Å². The summed E-state index contributed by atoms with van der Waals surface area (Å²) < 4.78 is 5.28. The van der Waals surface area contributed by atoms with Crippen molar-refractivity contribution in [1.29, 1.82) is 0 Å². The van der Waals surface area contributed by atoms with Gasteiger partial charge in [-0.1, -0.05) is 6.07 Å². The topological polar surface area (TPSA) is 54.5 Å². The summed E-state index contributed by atoms with van der Waals surface area (Å²) in [6, 6.07) is 3.60. The summed E-state index contributed by atoms with van der Waals surface area (Å²) in [6.07, 6.45) is 1.75. The van der Waals surface area contributed by atoms with Gasteiger partial charge >= 0.3 is 0 Å². The maximum Gasteiger partial charge on any atom is 0.242 e. The molecule has 0 spiro atoms. The van der Waals surface area contributed by atoms with Crippen LogP contribution in [0.4, 0.5) is 5.82 Å². The Morgan fingerprint density at radius 3 is 2.78 bits per heavy atom. The van der Waals surface area contributed by atoms with Crippen LogP contribution in [-0.2, 0) is 9.53 Å². The molecule has 1 N–H and O–H groups in total. The summed E-state index contributed by atoms with van der Waals surface area (Å²) in [5.41, 5.74) is 1.08. The largest absolute Gasteiger partial charge is 0.379 e. The smallest absolute Gasteiger partial charge is 0.242 e. The van der Waals surface area contributed by atoms with E-state index in [0.29, 0.717) is 19.0 Å². The monoisotopic (exact) mass is 249 g/mol. The predicted molar refractivity (Wildman–Crippen MR) is 69.5 cm³/mol. The molecule has 1 atom stereocenters. The van der Waals surface area contributed by atoms with E-state index in [4.69, 9.17) is 4.74 Å². The SMILES string of the molecule is Cc1ccc(NC(=O)C(C)N2CCOCC2)nc1. The van der Waals surface area contributed by atoms with Crippen LogP contribution in [0.25, 0.3) is 0 Å². The lowest BCUT2D eigenvalue weighted by atomic mass is 10.2. The van der Waals surface area contributed by atoms with Crippen LogP contribution >= 0.6 is 0 Å². The molecular formula is C13H19N3O2. The lowest BCUT2D eigenvalue weighted by Gasteiger charge is -2.31. The van der Waals surface area contributed by atoms with Crippen molar-refractivity contribution in [3.05, 3.63) is 23.9 Å². The summed E-state index contributed by atoms with van der Waals surface area (Å²) in [4.78, 5) is 18.4. The molecule has 0 aliphatic carbocycles. The summed E-state index contributed by atoms with van der Waals surface area (Å²) in [5.74, 6) is 0.582. The van der Waals surface area contributed by atoms with E-state index in [0.717, 1.165) is 18.7 Å². The summed E-state index contributed by atoms with van der Waals surface area (Å²) >= 11 is 0. The first-order valence-corrected chi connectivity index (χ1v) is 6.22. The van der Waals surface area contributed by atoms with Crippen LogP contribution in [0.3, 0.4) is 0 Å². The Labute approximate surface area is 107 Å². The quantitative estimate of drug-likeness (QED) is 0.870. The Kier molecular flexibility index (Phi) is 4.28. The number of carbonyl (C=O) groups is 1. The highest BCUT2D eigenvalue weighted by atomic mass is 16.5. The first-order chi connectivity index (χ1) is 8.66. The number of nitrogens with zero attached hydrogens (tertiary/aromatic N) is 2. The molecular weight excluding hydrogens is 230 g/mol. The number of carbonyl (C=O) groups excluding carboxylic acids is 1. The van der Waals surface area contributed by atoms with E-state index < -0.39 is 0 Å². The molecule has 5 heteroatoms. The van der Waals surface area contributed by atoms with Gasteiger partial charge in [-0.25, -0.2) is 4.98 Å². The van der Waals surface area contributed by atoms with Crippen LogP contribution < -0.4 is 5.32 Å². The van der Waals surface area contributed by atoms with Gasteiger partial charge in [-0.15, -0.1) is 0 Å². The fourth-order valence-electron chi connectivity index (χ4n) is 1.90. The molecule has 0 aromatic carbocycles. The van der Waals surface area contributed by atoms with E-state index >= 15 is 0 Å². The molecule has 0 saturated carbocycles. The average molecular weight is 249 g/mol. The third-order valence-corrected chi connectivity index (χ3v) is 3.14. The first-order valence-electron chi connectivity index (χ1n) is 6.22. The number of aromatic nitrogens is 1. The molecule has 1 amide bonds. The van der Waals surface area contributed by atoms with E-state index in [-0.39, 0.29) is 11.9 Å². The zero-order valence-corrected chi connectivity index (χ0v) is 10.8. The lowest BCUT2D eigenvalue weighted by molar-refractivity contribution is -0.122. The number of nitrogens with one attached hydrogen (secondary N) is 1. The molecule has 18 heavy (non-hydrogen) atoms. The molecule has 1 aliphatic rings. The number of rotatable bonds is 3. The van der Waals surface area contributed by atoms with E-state index in [9.17, 15) is 4.79 Å². The number of hydrogen-bond acceptors (Lipinski definition) is 4. The molecule has 5 nitrogen and oxygen atoms in total. The minimum absolute atomic E-state index is 0.0201. The fraction of sp³-hybridized carbons (Fsp3) is 0.538. The summed E-state index contributed by atoms with van der Waals surface area (Å²) in [6.45, 7) is 6.87. The van der Waals surface area contributed by atoms with Crippen LogP contribution in [0.2, 0.25) is 0 Å². The Morgan fingerprint density at radius 2 is 2.17 bits per heavy atom. The van der Waals surface area contributed by atoms with Gasteiger partial charge in [0.2, 0.25) is 5.91 Å². The summed E-state index contributed by atoms with van der Waals surface area (Å²) in [7, 11) is 0. The standard InChI is InChI=1S/C13H19N3O2/c1-10-3-4-12(14-9-10)15-13(17)11(2)16-5-7-18-8-6-16/h3-4,9,11H,5-8H2,1-2H3,(H,14,15,17). The van der Waals surface area contributed by atoms with Crippen LogP contribution in [-0.4, -0.2) is 48.1 Å². The molecule has 98 valence electrons. The molecule has 0 bridgehead atoms. The molecule has 0 radical (unpaired) electrons. The molecule has 2 heterocycles. The second-order valence-corrected chi connectivity index (χ2v) is 4.53. The number of aryl methyl sites for hydroxylation is 1. The number of anilines is 1. The van der Waals surface area contributed by atoms with E-state index in [1.807, 2.05) is 26.0 Å². The number of ether oxygens (including phenoxy) is 1. The van der Waals surface area contributed by atoms with Crippen molar-refractivity contribution in [2.75, 3.05) is 31.6 Å². The zero-order chi connectivity index (χ0) is 13.0. The molecule has 1 aromatic rings. The fourth-order valence-corrected chi connectivity index (χ4v) is 1.90. The summed E-state index contributed by atoms with van der Waals surface area (Å²) in [5, 5.41) is 2.83. The predicted octanol–water partition coefficient (Wildman–Crippen LogP) is 1.05. The first kappa shape index (κ1) is 13.0. The van der Waals surface area contributed by atoms with Crippen molar-refractivity contribution >= 4 is 11.7 Å². The van der Waals surface area contributed by atoms with Crippen molar-refractivity contribution in [2.24, 2.45) is 0 Å². The second-order valence-electron chi connectivity index (χ2n) is 4.53. The number of hydrogen-bond donors (Lipinski definition) is 1. The molecule has 1 fully saturated rings. The van der Waals surface area contributed by atoms with Gasteiger partial charge in [-0.3, -0.25) is 9.69 Å². The minimum Gasteiger partial charge on any atom is -0.379 e. The molecule has 1 aliphatic heterocycles. The average Bonchev–Trinajstić information content (AvgIpc) is 2.41. The van der Waals surface area contributed by atoms with Crippen molar-refractivity contribution in [3.8, 4) is 0 Å². The second kappa shape index (κ2) is 5.93. The van der Waals surface area contributed by atoms with E-state index in [1.165, 1.54) is 0 Å². The third kappa shape index (κ3) is 3.27. The van der Waals surface area contributed by atoms with Crippen molar-refractivity contribution in [2.45, 2.75) is 19.9 Å². The Bertz CT molecular complexity index is 399. The minimum atomic E-state index is -0.156. The molecule has 1 saturated heterocycles. The highest BCUT2D eigenvalue weighted by Gasteiger charge is 2.23. The highest BCUT2D eigenvalue weighted by Crippen LogP contribution is 2.08. The molecule has 1 aromatic heterocycles. The van der Waals surface area contributed by atoms with Crippen LogP contribution in [0.1, 0.15) is 12.5 Å². The normalized spacial score (nSPS) is 18.3. The number of pyridine rings is 1. The number of amides is 1. The van der Waals surface area contributed by atoms with Gasteiger partial charge in [-0.05, 0) is 25.5 Å². The van der Waals surface area contributed by atoms with Crippen LogP contribution in [0, 0.1) is 6.92 Å². The van der Waals surface area contributed by atoms with Crippen molar-refractivity contribution < 1.29 is 9.53 Å². The third-order valence-electron chi connectivity index (χ3n) is 3.14. The van der Waals surface area contributed by atoms with Gasteiger partial charge in [0.1, 0.15) is 5.82 Å².